The van der Waals surface area contributed by atoms with Crippen LogP contribution in [0.15, 0.2) is 36.7 Å². The van der Waals surface area contributed by atoms with Crippen molar-refractivity contribution in [3.8, 4) is 22.6 Å². The Balaban J connectivity index is 1.94. The van der Waals surface area contributed by atoms with Crippen molar-refractivity contribution in [3.63, 3.8) is 0 Å². The molecule has 1 atom stereocenters. The Morgan fingerprint density at radius 2 is 2.28 bits per heavy atom. The highest BCUT2D eigenvalue weighted by molar-refractivity contribution is 5.81. The van der Waals surface area contributed by atoms with E-state index < -0.39 is 6.10 Å². The van der Waals surface area contributed by atoms with Crippen LogP contribution < -0.4 is 4.74 Å². The largest absolute Gasteiger partial charge is 0.504 e. The first kappa shape index (κ1) is 17.2. The second-order valence-corrected chi connectivity index (χ2v) is 5.97. The van der Waals surface area contributed by atoms with Crippen molar-refractivity contribution < 1.29 is 19.4 Å². The average molecular weight is 342 g/mol. The van der Waals surface area contributed by atoms with Crippen molar-refractivity contribution in [2.45, 2.75) is 26.0 Å². The van der Waals surface area contributed by atoms with E-state index in [0.717, 1.165) is 16.7 Å². The lowest BCUT2D eigenvalue weighted by atomic mass is 10.0. The molecule has 3 rings (SSSR count). The van der Waals surface area contributed by atoms with Crippen LogP contribution in [0.4, 0.5) is 0 Å². The third kappa shape index (κ3) is 3.58. The second kappa shape index (κ2) is 7.53. The third-order valence-electron chi connectivity index (χ3n) is 4.35. The Bertz CT molecular complexity index is 745. The Morgan fingerprint density at radius 3 is 2.96 bits per heavy atom. The number of rotatable bonds is 4. The van der Waals surface area contributed by atoms with Crippen molar-refractivity contribution >= 4 is 5.91 Å². The fourth-order valence-electron chi connectivity index (χ4n) is 3.03. The summed E-state index contributed by atoms with van der Waals surface area (Å²) >= 11 is 0. The molecule has 1 N–H and O–H groups in total. The van der Waals surface area contributed by atoms with Crippen LogP contribution in [-0.2, 0) is 16.1 Å². The number of ether oxygens (including phenoxy) is 2. The molecule has 1 aromatic carbocycles. The van der Waals surface area contributed by atoms with Crippen molar-refractivity contribution in [2.24, 2.45) is 0 Å². The van der Waals surface area contributed by atoms with Crippen molar-refractivity contribution in [3.05, 3.63) is 42.2 Å². The van der Waals surface area contributed by atoms with Gasteiger partial charge in [-0.25, -0.2) is 0 Å². The minimum absolute atomic E-state index is 0.0623. The summed E-state index contributed by atoms with van der Waals surface area (Å²) in [6, 6.07) is 7.37. The number of amides is 1. The van der Waals surface area contributed by atoms with Gasteiger partial charge in [-0.2, -0.15) is 0 Å². The third-order valence-corrected chi connectivity index (χ3v) is 4.35. The smallest absolute Gasteiger partial charge is 0.252 e. The van der Waals surface area contributed by atoms with Crippen LogP contribution in [0.5, 0.6) is 11.5 Å². The zero-order valence-corrected chi connectivity index (χ0v) is 14.4. The molecule has 0 saturated heterocycles. The number of phenolic OH excluding ortho intramolecular Hbond substituents is 1. The van der Waals surface area contributed by atoms with Crippen molar-refractivity contribution in [1.82, 2.24) is 9.88 Å². The molecule has 2 heterocycles. The van der Waals surface area contributed by atoms with Crippen LogP contribution in [0.3, 0.4) is 0 Å². The number of benzene rings is 1. The molecule has 0 fully saturated rings. The fraction of sp³-hybridized carbons (Fsp3) is 0.368. The molecule has 6 nitrogen and oxygen atoms in total. The van der Waals surface area contributed by atoms with Crippen LogP contribution in [0.25, 0.3) is 11.1 Å². The molecule has 1 amide bonds. The Hall–Kier alpha value is -2.60. The number of nitrogens with zero attached hydrogens (tertiary/aromatic N) is 2. The van der Waals surface area contributed by atoms with Crippen molar-refractivity contribution in [1.29, 1.82) is 0 Å². The topological polar surface area (TPSA) is 71.9 Å². The van der Waals surface area contributed by atoms with Gasteiger partial charge < -0.3 is 19.5 Å². The van der Waals surface area contributed by atoms with E-state index in [2.05, 4.69) is 4.98 Å². The molecule has 1 aromatic heterocycles. The number of hydrogen-bond donors (Lipinski definition) is 1. The SMILES string of the molecule is CC[C@@H](OC)C(=O)N1CCOc2c(O)cc(-c3cccnc3)cc2C1. The molecule has 2 aromatic rings. The van der Waals surface area contributed by atoms with Gasteiger partial charge in [-0.1, -0.05) is 13.0 Å². The number of methoxy groups -OCH3 is 1. The molecule has 1 aliphatic rings. The minimum Gasteiger partial charge on any atom is -0.504 e. The first-order chi connectivity index (χ1) is 12.1. The average Bonchev–Trinajstić information content (AvgIpc) is 2.86. The predicted octanol–water partition coefficient (Wildman–Crippen LogP) is 2.60. The van der Waals surface area contributed by atoms with Crippen molar-refractivity contribution in [2.75, 3.05) is 20.3 Å². The van der Waals surface area contributed by atoms with Gasteiger partial charge in [0.25, 0.3) is 5.91 Å². The summed E-state index contributed by atoms with van der Waals surface area (Å²) in [7, 11) is 1.54. The van der Waals surface area contributed by atoms with Gasteiger partial charge in [-0.3, -0.25) is 9.78 Å². The number of pyridine rings is 1. The van der Waals surface area contributed by atoms with Gasteiger partial charge in [0.15, 0.2) is 11.5 Å². The van der Waals surface area contributed by atoms with E-state index in [9.17, 15) is 9.90 Å². The molecule has 6 heteroatoms. The maximum absolute atomic E-state index is 12.6. The molecule has 0 bridgehead atoms. The summed E-state index contributed by atoms with van der Waals surface area (Å²) in [6.45, 7) is 3.07. The molecule has 0 aliphatic carbocycles. The Morgan fingerprint density at radius 1 is 1.44 bits per heavy atom. The molecule has 132 valence electrons. The van der Waals surface area contributed by atoms with Gasteiger partial charge in [-0.05, 0) is 30.2 Å². The lowest BCUT2D eigenvalue weighted by Crippen LogP contribution is -2.40. The lowest BCUT2D eigenvalue weighted by Gasteiger charge is -2.24. The molecule has 25 heavy (non-hydrogen) atoms. The normalized spacial score (nSPS) is 15.0. The van der Waals surface area contributed by atoms with Crippen LogP contribution in [0, 0.1) is 0 Å². The number of carbonyl (C=O) groups is 1. The highest BCUT2D eigenvalue weighted by atomic mass is 16.5. The van der Waals surface area contributed by atoms with Gasteiger partial charge in [-0.15, -0.1) is 0 Å². The van der Waals surface area contributed by atoms with Crippen LogP contribution >= 0.6 is 0 Å². The summed E-state index contributed by atoms with van der Waals surface area (Å²) in [6.07, 6.45) is 3.59. The van der Waals surface area contributed by atoms with Gasteiger partial charge in [0.2, 0.25) is 0 Å². The summed E-state index contributed by atoms with van der Waals surface area (Å²) < 4.78 is 11.0. The van der Waals surface area contributed by atoms with Crippen LogP contribution in [0.1, 0.15) is 18.9 Å². The summed E-state index contributed by atoms with van der Waals surface area (Å²) in [5.41, 5.74) is 2.50. The molecule has 0 radical (unpaired) electrons. The highest BCUT2D eigenvalue weighted by Crippen LogP contribution is 2.37. The fourth-order valence-corrected chi connectivity index (χ4v) is 3.03. The van der Waals surface area contributed by atoms with E-state index >= 15 is 0 Å². The van der Waals surface area contributed by atoms with Gasteiger partial charge in [0.05, 0.1) is 6.54 Å². The summed E-state index contributed by atoms with van der Waals surface area (Å²) in [5, 5.41) is 10.4. The number of carbonyl (C=O) groups excluding carboxylic acids is 1. The number of phenols is 1. The van der Waals surface area contributed by atoms with E-state index in [0.29, 0.717) is 31.9 Å². The summed E-state index contributed by atoms with van der Waals surface area (Å²) in [4.78, 5) is 18.5. The molecule has 0 unspecified atom stereocenters. The van der Waals surface area contributed by atoms with E-state index in [1.54, 1.807) is 30.5 Å². The zero-order chi connectivity index (χ0) is 17.8. The van der Waals surface area contributed by atoms with Gasteiger partial charge in [0.1, 0.15) is 12.7 Å². The predicted molar refractivity (Wildman–Crippen MR) is 93.3 cm³/mol. The van der Waals surface area contributed by atoms with Gasteiger partial charge >= 0.3 is 0 Å². The maximum Gasteiger partial charge on any atom is 0.252 e. The second-order valence-electron chi connectivity index (χ2n) is 5.97. The molecule has 0 spiro atoms. The van der Waals surface area contributed by atoms with E-state index in [1.807, 2.05) is 25.1 Å². The van der Waals surface area contributed by atoms with Gasteiger partial charge in [0, 0.05) is 37.2 Å². The quantitative estimate of drug-likeness (QED) is 0.925. The number of fused-ring (bicyclic) bond motifs is 1. The Kier molecular flexibility index (Phi) is 5.19. The minimum atomic E-state index is -0.461. The molecular formula is C19H22N2O4. The molecule has 1 aliphatic heterocycles. The summed E-state index contributed by atoms with van der Waals surface area (Å²) in [5.74, 6) is 0.450. The monoisotopic (exact) mass is 342 g/mol. The number of hydrogen-bond acceptors (Lipinski definition) is 5. The van der Waals surface area contributed by atoms with E-state index in [1.165, 1.54) is 0 Å². The number of aromatic hydroxyl groups is 1. The maximum atomic E-state index is 12.6. The standard InChI is InChI=1S/C19H22N2O4/c1-3-17(24-2)19(23)21-7-8-25-18-15(12-21)9-14(10-16(18)22)13-5-4-6-20-11-13/h4-6,9-11,17,22H,3,7-8,12H2,1-2H3/t17-/m1/s1. The van der Waals surface area contributed by atoms with Crippen LogP contribution in [-0.4, -0.2) is 47.3 Å². The zero-order valence-electron chi connectivity index (χ0n) is 14.4. The highest BCUT2D eigenvalue weighted by Gasteiger charge is 2.27. The first-order valence-corrected chi connectivity index (χ1v) is 8.34. The lowest BCUT2D eigenvalue weighted by molar-refractivity contribution is -0.142. The first-order valence-electron chi connectivity index (χ1n) is 8.34. The Labute approximate surface area is 147 Å². The molecular weight excluding hydrogens is 320 g/mol. The number of aromatic nitrogens is 1. The molecule has 0 saturated carbocycles. The van der Waals surface area contributed by atoms with E-state index in [-0.39, 0.29) is 11.7 Å². The van der Waals surface area contributed by atoms with Crippen LogP contribution in [0.2, 0.25) is 0 Å². The van der Waals surface area contributed by atoms with E-state index in [4.69, 9.17) is 9.47 Å².